The van der Waals surface area contributed by atoms with Crippen molar-refractivity contribution in [1.29, 1.82) is 0 Å². The largest absolute Gasteiger partial charge is 0.387 e. The van der Waals surface area contributed by atoms with E-state index in [-0.39, 0.29) is 12.7 Å². The first kappa shape index (κ1) is 28.3. The second-order valence-electron chi connectivity index (χ2n) is 11.4. The lowest BCUT2D eigenvalue weighted by Gasteiger charge is -2.43. The lowest BCUT2D eigenvalue weighted by Crippen LogP contribution is -2.57. The highest BCUT2D eigenvalue weighted by Gasteiger charge is 2.51. The van der Waals surface area contributed by atoms with E-state index in [0.29, 0.717) is 17.4 Å². The molecule has 2 N–H and O–H groups in total. The van der Waals surface area contributed by atoms with Crippen LogP contribution in [0.15, 0.2) is 84.0 Å². The molecular formula is C33H39ClO5. The molecule has 5 nitrogen and oxygen atoms in total. The van der Waals surface area contributed by atoms with E-state index in [1.807, 2.05) is 62.4 Å². The van der Waals surface area contributed by atoms with Gasteiger partial charge in [-0.15, -0.1) is 0 Å². The van der Waals surface area contributed by atoms with Gasteiger partial charge in [-0.05, 0) is 60.9 Å². The highest BCUT2D eigenvalue weighted by molar-refractivity contribution is 6.31. The van der Waals surface area contributed by atoms with Crippen LogP contribution in [0.1, 0.15) is 63.0 Å². The Morgan fingerprint density at radius 2 is 1.67 bits per heavy atom. The van der Waals surface area contributed by atoms with E-state index in [9.17, 15) is 10.2 Å². The van der Waals surface area contributed by atoms with Gasteiger partial charge in [-0.1, -0.05) is 97.8 Å². The molecule has 3 aliphatic rings. The SMILES string of the molecule is CCC1=CC(C)C=C(Cc2cc(C3OC4COC(c5ccccc5)C(C)(C)OC4C(O)C3O)ccc2Cl)C=C1. The van der Waals surface area contributed by atoms with Crippen molar-refractivity contribution >= 4 is 11.6 Å². The van der Waals surface area contributed by atoms with Crippen LogP contribution in [0.5, 0.6) is 0 Å². The predicted molar refractivity (Wildman–Crippen MR) is 154 cm³/mol. The third-order valence-electron chi connectivity index (χ3n) is 7.95. The second kappa shape index (κ2) is 11.7. The van der Waals surface area contributed by atoms with Gasteiger partial charge < -0.3 is 24.4 Å². The quantitative estimate of drug-likeness (QED) is 0.448. The molecule has 2 aliphatic heterocycles. The van der Waals surface area contributed by atoms with Crippen LogP contribution in [-0.4, -0.2) is 46.8 Å². The van der Waals surface area contributed by atoms with Crippen molar-refractivity contribution in [2.24, 2.45) is 5.92 Å². The Hall–Kier alpha value is -2.25. The summed E-state index contributed by atoms with van der Waals surface area (Å²) in [6, 6.07) is 15.6. The van der Waals surface area contributed by atoms with E-state index >= 15 is 0 Å². The van der Waals surface area contributed by atoms with Gasteiger partial charge in [0.05, 0.1) is 12.2 Å². The lowest BCUT2D eigenvalue weighted by molar-refractivity contribution is -0.252. The monoisotopic (exact) mass is 550 g/mol. The Labute approximate surface area is 236 Å². The number of aliphatic hydroxyl groups excluding tert-OH is 2. The average Bonchev–Trinajstić information content (AvgIpc) is 3.18. The van der Waals surface area contributed by atoms with Crippen molar-refractivity contribution in [3.05, 3.63) is 106 Å². The van der Waals surface area contributed by atoms with Crippen LogP contribution < -0.4 is 0 Å². The van der Waals surface area contributed by atoms with E-state index < -0.39 is 36.1 Å². The number of halogens is 1. The Morgan fingerprint density at radius 3 is 2.41 bits per heavy atom. The molecule has 0 spiro atoms. The summed E-state index contributed by atoms with van der Waals surface area (Å²) in [6.07, 6.45) is 5.86. The predicted octanol–water partition coefficient (Wildman–Crippen LogP) is 6.45. The zero-order valence-corrected chi connectivity index (χ0v) is 23.8. The van der Waals surface area contributed by atoms with Gasteiger partial charge >= 0.3 is 0 Å². The van der Waals surface area contributed by atoms with Crippen molar-refractivity contribution in [1.82, 2.24) is 0 Å². The van der Waals surface area contributed by atoms with Gasteiger partial charge in [0.1, 0.15) is 36.6 Å². The number of fused-ring (bicyclic) bond motifs is 1. The van der Waals surface area contributed by atoms with Gasteiger partial charge in [-0.3, -0.25) is 0 Å². The molecule has 0 aromatic heterocycles. The minimum absolute atomic E-state index is 0.233. The first-order chi connectivity index (χ1) is 18.7. The molecule has 0 bridgehead atoms. The van der Waals surface area contributed by atoms with Crippen LogP contribution in [0, 0.1) is 5.92 Å². The summed E-state index contributed by atoms with van der Waals surface area (Å²) in [5.74, 6) is 0.335. The molecule has 2 saturated heterocycles. The second-order valence-corrected chi connectivity index (χ2v) is 11.9. The topological polar surface area (TPSA) is 68.2 Å². The van der Waals surface area contributed by atoms with E-state index in [4.69, 9.17) is 25.8 Å². The molecule has 2 fully saturated rings. The van der Waals surface area contributed by atoms with Crippen LogP contribution in [-0.2, 0) is 20.6 Å². The first-order valence-corrected chi connectivity index (χ1v) is 14.3. The third kappa shape index (κ3) is 6.09. The molecule has 7 unspecified atom stereocenters. The van der Waals surface area contributed by atoms with Gasteiger partial charge in [0.2, 0.25) is 0 Å². The molecule has 2 heterocycles. The van der Waals surface area contributed by atoms with Gasteiger partial charge in [0, 0.05) is 5.02 Å². The van der Waals surface area contributed by atoms with Gasteiger partial charge in [0.15, 0.2) is 0 Å². The van der Waals surface area contributed by atoms with Crippen LogP contribution in [0.3, 0.4) is 0 Å². The van der Waals surface area contributed by atoms with Crippen LogP contribution in [0.2, 0.25) is 5.02 Å². The number of benzene rings is 2. The maximum absolute atomic E-state index is 11.3. The Bertz CT molecular complexity index is 1250. The molecule has 2 aromatic rings. The van der Waals surface area contributed by atoms with Crippen LogP contribution in [0.25, 0.3) is 0 Å². The fourth-order valence-electron chi connectivity index (χ4n) is 5.95. The van der Waals surface area contributed by atoms with E-state index in [2.05, 4.69) is 38.2 Å². The molecule has 5 rings (SSSR count). The summed E-state index contributed by atoms with van der Waals surface area (Å²) < 4.78 is 19.2. The van der Waals surface area contributed by atoms with Crippen molar-refractivity contribution in [3.63, 3.8) is 0 Å². The summed E-state index contributed by atoms with van der Waals surface area (Å²) in [5.41, 5.74) is 4.47. The van der Waals surface area contributed by atoms with Crippen LogP contribution in [0.4, 0.5) is 0 Å². The third-order valence-corrected chi connectivity index (χ3v) is 8.32. The van der Waals surface area contributed by atoms with Gasteiger partial charge in [-0.25, -0.2) is 0 Å². The Morgan fingerprint density at radius 1 is 0.949 bits per heavy atom. The van der Waals surface area contributed by atoms with Crippen molar-refractivity contribution in [2.75, 3.05) is 6.61 Å². The minimum atomic E-state index is -1.17. The molecule has 39 heavy (non-hydrogen) atoms. The number of allylic oxidation sites excluding steroid dienone is 6. The molecule has 0 radical (unpaired) electrons. The van der Waals surface area contributed by atoms with Crippen molar-refractivity contribution < 1.29 is 24.4 Å². The van der Waals surface area contributed by atoms with Crippen molar-refractivity contribution in [2.45, 2.75) is 82.8 Å². The standard InChI is InChI=1S/C33H39ClO5/c1-5-21-11-12-22(16-20(2)15-21)17-25-18-24(13-14-26(25)34)30-28(35)29(36)31-27(38-30)19-37-32(33(3,4)39-31)23-9-7-6-8-10-23/h6-16,18,20,27-32,35-36H,5,17,19H2,1-4H3. The molecule has 0 saturated carbocycles. The summed E-state index contributed by atoms with van der Waals surface area (Å²) in [6.45, 7) is 8.47. The first-order valence-electron chi connectivity index (χ1n) is 13.9. The molecule has 7 atom stereocenters. The average molecular weight is 551 g/mol. The summed E-state index contributed by atoms with van der Waals surface area (Å²) in [5, 5.41) is 23.1. The molecule has 6 heteroatoms. The van der Waals surface area contributed by atoms with Gasteiger partial charge in [0.25, 0.3) is 0 Å². The Balaban J connectivity index is 1.38. The molecule has 0 amide bonds. The number of ether oxygens (including phenoxy) is 3. The smallest absolute Gasteiger partial charge is 0.115 e. The number of aliphatic hydroxyl groups is 2. The molecule has 208 valence electrons. The van der Waals surface area contributed by atoms with E-state index in [1.54, 1.807) is 0 Å². The highest BCUT2D eigenvalue weighted by Crippen LogP contribution is 2.43. The zero-order chi connectivity index (χ0) is 27.7. The minimum Gasteiger partial charge on any atom is -0.387 e. The fraction of sp³-hybridized carbons (Fsp3) is 0.455. The van der Waals surface area contributed by atoms with E-state index in [0.717, 1.165) is 23.1 Å². The lowest BCUT2D eigenvalue weighted by atomic mass is 9.89. The number of rotatable bonds is 5. The van der Waals surface area contributed by atoms with Gasteiger partial charge in [-0.2, -0.15) is 0 Å². The maximum Gasteiger partial charge on any atom is 0.115 e. The number of hydrogen-bond donors (Lipinski definition) is 2. The summed E-state index contributed by atoms with van der Waals surface area (Å²) in [4.78, 5) is 0. The molecule has 2 aromatic carbocycles. The molecular weight excluding hydrogens is 512 g/mol. The fourth-order valence-corrected chi connectivity index (χ4v) is 6.14. The summed E-state index contributed by atoms with van der Waals surface area (Å²) >= 11 is 6.63. The van der Waals surface area contributed by atoms with Crippen LogP contribution >= 0.6 is 11.6 Å². The Kier molecular flexibility index (Phi) is 8.48. The number of hydrogen-bond acceptors (Lipinski definition) is 5. The normalized spacial score (nSPS) is 32.4. The zero-order valence-electron chi connectivity index (χ0n) is 23.1. The summed E-state index contributed by atoms with van der Waals surface area (Å²) in [7, 11) is 0. The molecule has 1 aliphatic carbocycles. The highest BCUT2D eigenvalue weighted by atomic mass is 35.5. The van der Waals surface area contributed by atoms with Crippen molar-refractivity contribution in [3.8, 4) is 0 Å². The van der Waals surface area contributed by atoms with E-state index in [1.165, 1.54) is 11.1 Å². The maximum atomic E-state index is 11.3.